The molecule has 2 aromatic rings. The highest BCUT2D eigenvalue weighted by Crippen LogP contribution is 2.17. The minimum atomic E-state index is 0.424. The Bertz CT molecular complexity index is 492. The van der Waals surface area contributed by atoms with Crippen LogP contribution in [0.5, 0.6) is 6.01 Å². The maximum Gasteiger partial charge on any atom is 0.335 e. The van der Waals surface area contributed by atoms with E-state index in [2.05, 4.69) is 41.4 Å². The molecule has 18 heavy (non-hydrogen) atoms. The van der Waals surface area contributed by atoms with Gasteiger partial charge in [-0.2, -0.15) is 4.98 Å². The smallest absolute Gasteiger partial charge is 0.335 e. The van der Waals surface area contributed by atoms with E-state index >= 15 is 0 Å². The first kappa shape index (κ1) is 13.0. The second kappa shape index (κ2) is 5.97. The van der Waals surface area contributed by atoms with Gasteiger partial charge in [0.15, 0.2) is 0 Å². The lowest BCUT2D eigenvalue weighted by Gasteiger charge is -2.05. The fourth-order valence-corrected chi connectivity index (χ4v) is 2.30. The van der Waals surface area contributed by atoms with Crippen LogP contribution in [0.4, 0.5) is 0 Å². The lowest BCUT2D eigenvalue weighted by molar-refractivity contribution is 0.283. The summed E-state index contributed by atoms with van der Waals surface area (Å²) >= 11 is 1.75. The van der Waals surface area contributed by atoms with Crippen LogP contribution in [0.15, 0.2) is 18.5 Å². The second-order valence-corrected chi connectivity index (χ2v) is 5.65. The van der Waals surface area contributed by atoms with Crippen molar-refractivity contribution in [2.75, 3.05) is 0 Å². The van der Waals surface area contributed by atoms with E-state index in [-0.39, 0.29) is 0 Å². The van der Waals surface area contributed by atoms with Gasteiger partial charge in [0.25, 0.3) is 0 Å². The van der Waals surface area contributed by atoms with E-state index < -0.39 is 0 Å². The van der Waals surface area contributed by atoms with Gasteiger partial charge in [0, 0.05) is 29.4 Å². The molecule has 0 saturated heterocycles. The molecule has 0 aliphatic heterocycles. The Morgan fingerprint density at radius 2 is 2.17 bits per heavy atom. The Balaban J connectivity index is 1.83. The van der Waals surface area contributed by atoms with Crippen LogP contribution < -0.4 is 10.1 Å². The van der Waals surface area contributed by atoms with E-state index in [1.165, 1.54) is 9.75 Å². The number of thiophene rings is 1. The third-order valence-corrected chi connectivity index (χ3v) is 3.38. The summed E-state index contributed by atoms with van der Waals surface area (Å²) in [4.78, 5) is 6.52. The standard InChI is InChI=1S/C12H18N4OS/c1-9(2)13-6-10-4-5-11(18-10)7-17-12-14-8-16(3)15-12/h4-5,8-9,13H,6-7H2,1-3H3. The Morgan fingerprint density at radius 1 is 1.39 bits per heavy atom. The van der Waals surface area contributed by atoms with Gasteiger partial charge in [0.1, 0.15) is 12.9 Å². The van der Waals surface area contributed by atoms with Crippen molar-refractivity contribution >= 4 is 11.3 Å². The van der Waals surface area contributed by atoms with Crippen molar-refractivity contribution in [3.8, 4) is 6.01 Å². The first-order chi connectivity index (χ1) is 8.63. The maximum atomic E-state index is 5.50. The lowest BCUT2D eigenvalue weighted by atomic mass is 10.3. The second-order valence-electron chi connectivity index (χ2n) is 4.39. The molecular weight excluding hydrogens is 248 g/mol. The summed E-state index contributed by atoms with van der Waals surface area (Å²) < 4.78 is 7.13. The van der Waals surface area contributed by atoms with Gasteiger partial charge in [0.05, 0.1) is 0 Å². The van der Waals surface area contributed by atoms with E-state index in [0.29, 0.717) is 18.7 Å². The van der Waals surface area contributed by atoms with Crippen molar-refractivity contribution in [3.05, 3.63) is 28.2 Å². The van der Waals surface area contributed by atoms with Crippen LogP contribution in [-0.4, -0.2) is 20.8 Å². The average Bonchev–Trinajstić information content (AvgIpc) is 2.93. The zero-order valence-electron chi connectivity index (χ0n) is 10.9. The molecule has 0 fully saturated rings. The molecule has 0 amide bonds. The number of hydrogen-bond acceptors (Lipinski definition) is 5. The quantitative estimate of drug-likeness (QED) is 0.868. The van der Waals surface area contributed by atoms with Crippen LogP contribution in [0.2, 0.25) is 0 Å². The summed E-state index contributed by atoms with van der Waals surface area (Å²) in [5.74, 6) is 0. The van der Waals surface area contributed by atoms with E-state index in [1.54, 1.807) is 22.3 Å². The van der Waals surface area contributed by atoms with Crippen LogP contribution in [0.3, 0.4) is 0 Å². The SMILES string of the molecule is CC(C)NCc1ccc(COc2ncn(C)n2)s1. The molecule has 0 bridgehead atoms. The summed E-state index contributed by atoms with van der Waals surface area (Å²) in [6.45, 7) is 5.72. The summed E-state index contributed by atoms with van der Waals surface area (Å²) in [6.07, 6.45) is 1.63. The molecule has 6 heteroatoms. The first-order valence-electron chi connectivity index (χ1n) is 5.93. The molecule has 2 aromatic heterocycles. The summed E-state index contributed by atoms with van der Waals surface area (Å²) in [6, 6.07) is 5.15. The molecule has 0 aliphatic rings. The number of aryl methyl sites for hydroxylation is 1. The molecule has 0 atom stereocenters. The largest absolute Gasteiger partial charge is 0.457 e. The number of ether oxygens (including phenoxy) is 1. The zero-order chi connectivity index (χ0) is 13.0. The van der Waals surface area contributed by atoms with Crippen molar-refractivity contribution in [3.63, 3.8) is 0 Å². The molecule has 0 radical (unpaired) electrons. The zero-order valence-corrected chi connectivity index (χ0v) is 11.7. The van der Waals surface area contributed by atoms with E-state index in [4.69, 9.17) is 4.74 Å². The third kappa shape index (κ3) is 3.82. The van der Waals surface area contributed by atoms with Crippen LogP contribution in [-0.2, 0) is 20.2 Å². The van der Waals surface area contributed by atoms with Gasteiger partial charge in [-0.05, 0) is 12.1 Å². The summed E-state index contributed by atoms with van der Waals surface area (Å²) in [5.41, 5.74) is 0. The van der Waals surface area contributed by atoms with Crippen LogP contribution in [0.25, 0.3) is 0 Å². The fraction of sp³-hybridized carbons (Fsp3) is 0.500. The third-order valence-electron chi connectivity index (χ3n) is 2.32. The predicted octanol–water partition coefficient (Wildman–Crippen LogP) is 1.95. The van der Waals surface area contributed by atoms with Crippen LogP contribution >= 0.6 is 11.3 Å². The molecule has 5 nitrogen and oxygen atoms in total. The van der Waals surface area contributed by atoms with E-state index in [9.17, 15) is 0 Å². The summed E-state index contributed by atoms with van der Waals surface area (Å²) in [7, 11) is 1.82. The normalized spacial score (nSPS) is 11.1. The Morgan fingerprint density at radius 3 is 2.83 bits per heavy atom. The van der Waals surface area contributed by atoms with Gasteiger partial charge < -0.3 is 10.1 Å². The Kier molecular flexibility index (Phi) is 4.33. The van der Waals surface area contributed by atoms with E-state index in [1.807, 2.05) is 7.05 Å². The number of nitrogens with one attached hydrogen (secondary N) is 1. The van der Waals surface area contributed by atoms with Gasteiger partial charge in [0.2, 0.25) is 0 Å². The molecule has 0 saturated carbocycles. The molecule has 2 rings (SSSR count). The molecule has 1 N–H and O–H groups in total. The Hall–Kier alpha value is -1.40. The predicted molar refractivity (Wildman–Crippen MR) is 71.6 cm³/mol. The molecule has 0 spiro atoms. The van der Waals surface area contributed by atoms with Crippen molar-refractivity contribution in [2.24, 2.45) is 7.05 Å². The van der Waals surface area contributed by atoms with Crippen molar-refractivity contribution in [1.82, 2.24) is 20.1 Å². The highest BCUT2D eigenvalue weighted by Gasteiger charge is 2.04. The minimum Gasteiger partial charge on any atom is -0.457 e. The van der Waals surface area contributed by atoms with Crippen molar-refractivity contribution in [2.45, 2.75) is 33.0 Å². The topological polar surface area (TPSA) is 52.0 Å². The van der Waals surface area contributed by atoms with Gasteiger partial charge in [-0.3, -0.25) is 4.68 Å². The van der Waals surface area contributed by atoms with Gasteiger partial charge >= 0.3 is 6.01 Å². The highest BCUT2D eigenvalue weighted by atomic mass is 32.1. The molecule has 0 aromatic carbocycles. The molecule has 0 unspecified atom stereocenters. The Labute approximate surface area is 111 Å². The number of rotatable bonds is 6. The monoisotopic (exact) mass is 266 g/mol. The summed E-state index contributed by atoms with van der Waals surface area (Å²) in [5, 5.41) is 7.46. The molecule has 2 heterocycles. The van der Waals surface area contributed by atoms with Crippen LogP contribution in [0.1, 0.15) is 23.6 Å². The van der Waals surface area contributed by atoms with Gasteiger partial charge in [-0.15, -0.1) is 16.4 Å². The minimum absolute atomic E-state index is 0.424. The van der Waals surface area contributed by atoms with Crippen LogP contribution in [0, 0.1) is 0 Å². The van der Waals surface area contributed by atoms with Gasteiger partial charge in [-0.25, -0.2) is 0 Å². The number of nitrogens with zero attached hydrogens (tertiary/aromatic N) is 3. The molecule has 98 valence electrons. The number of hydrogen-bond donors (Lipinski definition) is 1. The number of aromatic nitrogens is 3. The molecule has 0 aliphatic carbocycles. The highest BCUT2D eigenvalue weighted by molar-refractivity contribution is 7.11. The first-order valence-corrected chi connectivity index (χ1v) is 6.74. The average molecular weight is 266 g/mol. The van der Waals surface area contributed by atoms with E-state index in [0.717, 1.165) is 6.54 Å². The van der Waals surface area contributed by atoms with Crippen molar-refractivity contribution in [1.29, 1.82) is 0 Å². The van der Waals surface area contributed by atoms with Gasteiger partial charge in [-0.1, -0.05) is 13.8 Å². The lowest BCUT2D eigenvalue weighted by Crippen LogP contribution is -2.21. The fourth-order valence-electron chi connectivity index (χ4n) is 1.42. The maximum absolute atomic E-state index is 5.50. The van der Waals surface area contributed by atoms with Crippen molar-refractivity contribution < 1.29 is 4.74 Å². The molecular formula is C12H18N4OS.